The summed E-state index contributed by atoms with van der Waals surface area (Å²) in [6, 6.07) is 1.25. The summed E-state index contributed by atoms with van der Waals surface area (Å²) in [6.45, 7) is 4.36. The van der Waals surface area contributed by atoms with Crippen LogP contribution in [0, 0.1) is 0 Å². The van der Waals surface area contributed by atoms with E-state index in [1.165, 1.54) is 6.04 Å². The first-order valence-electron chi connectivity index (χ1n) is 2.34. The van der Waals surface area contributed by atoms with Crippen molar-refractivity contribution < 1.29 is 4.43 Å². The molecule has 0 fully saturated rings. The molecule has 2 heteroatoms. The third-order valence-electron chi connectivity index (χ3n) is 0.977. The first-order valence-corrected chi connectivity index (χ1v) is 4.78. The summed E-state index contributed by atoms with van der Waals surface area (Å²) in [6.07, 6.45) is 0. The highest BCUT2D eigenvalue weighted by Gasteiger charge is 1.92. The van der Waals surface area contributed by atoms with Crippen LogP contribution in [0.2, 0.25) is 12.6 Å². The predicted octanol–water partition coefficient (Wildman–Crippen LogP) is 4.19. The molecular weight excluding hydrogens is 152 g/mol. The first kappa shape index (κ1) is 43.2. The largest absolute Gasteiger partial charge is 0.423 e. The van der Waals surface area contributed by atoms with Gasteiger partial charge in [-0.1, -0.05) is 44.1 Å². The van der Waals surface area contributed by atoms with Gasteiger partial charge >= 0.3 is 0 Å². The lowest BCUT2D eigenvalue weighted by molar-refractivity contribution is 0.425. The summed E-state index contributed by atoms with van der Waals surface area (Å²) < 4.78 is 5.04. The van der Waals surface area contributed by atoms with E-state index in [9.17, 15) is 0 Å². The van der Waals surface area contributed by atoms with E-state index >= 15 is 0 Å². The van der Waals surface area contributed by atoms with Crippen molar-refractivity contribution in [2.24, 2.45) is 0 Å². The number of hydrogen-bond donors (Lipinski definition) is 0. The summed E-state index contributed by atoms with van der Waals surface area (Å²) in [5.74, 6) is 0. The molecule has 0 aromatic heterocycles. The molecule has 0 saturated heterocycles. The van der Waals surface area contributed by atoms with Gasteiger partial charge in [-0.3, -0.25) is 0 Å². The molecular formula is C9H32OSi. The third kappa shape index (κ3) is 39.0. The van der Waals surface area contributed by atoms with Crippen molar-refractivity contribution in [1.82, 2.24) is 0 Å². The third-order valence-corrected chi connectivity index (χ3v) is 2.93. The second kappa shape index (κ2) is 32.0. The van der Waals surface area contributed by atoms with Gasteiger partial charge in [-0.05, 0) is 12.6 Å². The molecule has 78 valence electrons. The zero-order chi connectivity index (χ0) is 4.99. The SMILES string of the molecule is C.C.C.C.C.CC[SiH](C)OC. The Kier molecular flexibility index (Phi) is 126. The van der Waals surface area contributed by atoms with Crippen molar-refractivity contribution in [2.45, 2.75) is 56.6 Å². The molecule has 11 heavy (non-hydrogen) atoms. The molecule has 1 atom stereocenters. The van der Waals surface area contributed by atoms with E-state index in [1.54, 1.807) is 7.11 Å². The summed E-state index contributed by atoms with van der Waals surface area (Å²) in [5, 5.41) is 0. The summed E-state index contributed by atoms with van der Waals surface area (Å²) in [4.78, 5) is 0. The lowest BCUT2D eigenvalue weighted by Gasteiger charge is -1.98. The number of hydrogen-bond acceptors (Lipinski definition) is 1. The van der Waals surface area contributed by atoms with Crippen molar-refractivity contribution in [1.29, 1.82) is 0 Å². The van der Waals surface area contributed by atoms with Gasteiger partial charge in [0.25, 0.3) is 0 Å². The quantitative estimate of drug-likeness (QED) is 0.585. The molecule has 0 aliphatic rings. The Bertz CT molecular complexity index is 28.7. The van der Waals surface area contributed by atoms with Gasteiger partial charge < -0.3 is 4.43 Å². The fourth-order valence-corrected chi connectivity index (χ4v) is 0.500. The Hall–Kier alpha value is 0.177. The highest BCUT2D eigenvalue weighted by Crippen LogP contribution is 1.86. The minimum atomic E-state index is -0.660. The lowest BCUT2D eigenvalue weighted by atomic mass is 11.0. The van der Waals surface area contributed by atoms with E-state index in [1.807, 2.05) is 0 Å². The van der Waals surface area contributed by atoms with Gasteiger partial charge in [-0.15, -0.1) is 0 Å². The van der Waals surface area contributed by atoms with Crippen LogP contribution in [-0.4, -0.2) is 16.2 Å². The second-order valence-electron chi connectivity index (χ2n) is 1.45. The average Bonchev–Trinajstić information content (AvgIpc) is 1.65. The maximum atomic E-state index is 5.04. The van der Waals surface area contributed by atoms with Gasteiger partial charge in [-0.25, -0.2) is 0 Å². The molecule has 0 radical (unpaired) electrons. The molecule has 0 aliphatic carbocycles. The van der Waals surface area contributed by atoms with Crippen molar-refractivity contribution in [3.05, 3.63) is 0 Å². The van der Waals surface area contributed by atoms with E-state index in [-0.39, 0.29) is 37.1 Å². The molecule has 0 aromatic rings. The molecule has 1 unspecified atom stereocenters. The Labute approximate surface area is 77.9 Å². The Balaban J connectivity index is -0.0000000125. The predicted molar refractivity (Wildman–Crippen MR) is 64.2 cm³/mol. The van der Waals surface area contributed by atoms with Crippen LogP contribution in [0.25, 0.3) is 0 Å². The normalized spacial score (nSPS) is 7.91. The van der Waals surface area contributed by atoms with Gasteiger partial charge in [0, 0.05) is 7.11 Å². The maximum Gasteiger partial charge on any atom is 0.173 e. The van der Waals surface area contributed by atoms with Gasteiger partial charge in [0.2, 0.25) is 0 Å². The zero-order valence-corrected chi connectivity index (χ0v) is 5.85. The highest BCUT2D eigenvalue weighted by molar-refractivity contribution is 6.49. The van der Waals surface area contributed by atoms with E-state index in [0.29, 0.717) is 0 Å². The number of rotatable bonds is 2. The van der Waals surface area contributed by atoms with E-state index in [4.69, 9.17) is 4.43 Å². The lowest BCUT2D eigenvalue weighted by Crippen LogP contribution is -2.06. The molecule has 0 spiro atoms. The summed E-state index contributed by atoms with van der Waals surface area (Å²) in [5.41, 5.74) is 0. The zero-order valence-electron chi connectivity index (χ0n) is 4.69. The van der Waals surface area contributed by atoms with Crippen LogP contribution in [0.15, 0.2) is 0 Å². The topological polar surface area (TPSA) is 9.23 Å². The van der Waals surface area contributed by atoms with E-state index in [0.717, 1.165) is 0 Å². The summed E-state index contributed by atoms with van der Waals surface area (Å²) >= 11 is 0. The van der Waals surface area contributed by atoms with Crippen molar-refractivity contribution in [3.8, 4) is 0 Å². The van der Waals surface area contributed by atoms with Crippen molar-refractivity contribution >= 4 is 9.04 Å². The summed E-state index contributed by atoms with van der Waals surface area (Å²) in [7, 11) is 1.13. The monoisotopic (exact) mass is 184 g/mol. The van der Waals surface area contributed by atoms with Crippen molar-refractivity contribution in [3.63, 3.8) is 0 Å². The van der Waals surface area contributed by atoms with Crippen LogP contribution in [0.5, 0.6) is 0 Å². The van der Waals surface area contributed by atoms with Crippen LogP contribution in [0.3, 0.4) is 0 Å². The molecule has 0 rings (SSSR count). The minimum absolute atomic E-state index is 0. The Morgan fingerprint density at radius 3 is 1.27 bits per heavy atom. The Morgan fingerprint density at radius 2 is 1.27 bits per heavy atom. The molecule has 0 aliphatic heterocycles. The average molecular weight is 184 g/mol. The molecule has 0 heterocycles. The van der Waals surface area contributed by atoms with Gasteiger partial charge in [-0.2, -0.15) is 0 Å². The van der Waals surface area contributed by atoms with Crippen LogP contribution < -0.4 is 0 Å². The van der Waals surface area contributed by atoms with Crippen LogP contribution in [0.4, 0.5) is 0 Å². The first-order chi connectivity index (χ1) is 2.81. The van der Waals surface area contributed by atoms with Gasteiger partial charge in [0.05, 0.1) is 0 Å². The fraction of sp³-hybridized carbons (Fsp3) is 1.00. The maximum absolute atomic E-state index is 5.04. The van der Waals surface area contributed by atoms with Crippen LogP contribution >= 0.6 is 0 Å². The van der Waals surface area contributed by atoms with Crippen molar-refractivity contribution in [2.75, 3.05) is 7.11 Å². The fourth-order valence-electron chi connectivity index (χ4n) is 0.167. The molecule has 1 nitrogen and oxygen atoms in total. The molecule has 0 N–H and O–H groups in total. The van der Waals surface area contributed by atoms with Gasteiger partial charge in [0.1, 0.15) is 0 Å². The molecule has 0 saturated carbocycles. The molecule has 0 aromatic carbocycles. The van der Waals surface area contributed by atoms with Gasteiger partial charge in [0.15, 0.2) is 9.04 Å². The second-order valence-corrected chi connectivity index (χ2v) is 4.36. The Morgan fingerprint density at radius 1 is 1.00 bits per heavy atom. The van der Waals surface area contributed by atoms with Crippen LogP contribution in [-0.2, 0) is 4.43 Å². The smallest absolute Gasteiger partial charge is 0.173 e. The minimum Gasteiger partial charge on any atom is -0.423 e. The highest BCUT2D eigenvalue weighted by atomic mass is 28.3. The van der Waals surface area contributed by atoms with E-state index in [2.05, 4.69) is 13.5 Å². The molecule has 0 bridgehead atoms. The van der Waals surface area contributed by atoms with E-state index < -0.39 is 9.04 Å². The van der Waals surface area contributed by atoms with Crippen LogP contribution in [0.1, 0.15) is 44.1 Å². The molecule has 0 amide bonds. The standard InChI is InChI=1S/C4H12OSi.5CH4/c1-4-6(3)5-2;;;;;/h6H,4H2,1-3H3;5*1H4.